The van der Waals surface area contributed by atoms with Gasteiger partial charge < -0.3 is 10.0 Å². The predicted octanol–water partition coefficient (Wildman–Crippen LogP) is 1.63. The predicted molar refractivity (Wildman–Crippen MR) is 105 cm³/mol. The van der Waals surface area contributed by atoms with E-state index in [0.717, 1.165) is 0 Å². The molecule has 0 bridgehead atoms. The van der Waals surface area contributed by atoms with Crippen LogP contribution in [-0.2, 0) is 10.7 Å². The summed E-state index contributed by atoms with van der Waals surface area (Å²) >= 11 is 0. The number of phenolic OH excluding ortho intramolecular Hbond substituents is 1. The number of carbonyl (C=O) groups excluding carboxylic acids is 3. The number of ketones is 2. The molecule has 0 atom stereocenters. The molecule has 1 aliphatic heterocycles. The largest absolute Gasteiger partial charge is 0.507 e. The van der Waals surface area contributed by atoms with E-state index in [-0.39, 0.29) is 45.4 Å². The first-order valence-corrected chi connectivity index (χ1v) is 10.7. The number of aromatic hydroxyl groups is 1. The van der Waals surface area contributed by atoms with E-state index < -0.39 is 28.0 Å². The Hall–Kier alpha value is -3.00. The number of likely N-dealkylation sites (tertiary alicyclic amines) is 1. The summed E-state index contributed by atoms with van der Waals surface area (Å²) in [6.07, 6.45) is 1.16. The van der Waals surface area contributed by atoms with Crippen molar-refractivity contribution in [1.29, 1.82) is 0 Å². The third kappa shape index (κ3) is 3.44. The minimum atomic E-state index is -2.44. The summed E-state index contributed by atoms with van der Waals surface area (Å²) in [5.41, 5.74) is 0.563. The van der Waals surface area contributed by atoms with Gasteiger partial charge in [-0.15, -0.1) is 0 Å². The van der Waals surface area contributed by atoms with Crippen molar-refractivity contribution in [2.45, 2.75) is 12.8 Å². The standard InChI is InChI=1S/C21H19NO6S/c23-17-10-13(21(26)22-7-5-12(6-8-22)11-29(27)28)9-16-18(17)20(25)15-4-2-1-3-14(15)19(16)24/h1-4,9-10,12,23,29H,5-8,11H2. The number of piperidine rings is 1. The fourth-order valence-corrected chi connectivity index (χ4v) is 4.83. The first-order chi connectivity index (χ1) is 13.9. The molecule has 1 fully saturated rings. The van der Waals surface area contributed by atoms with Crippen LogP contribution in [0.25, 0.3) is 0 Å². The number of thiol groups is 1. The van der Waals surface area contributed by atoms with Crippen LogP contribution in [0, 0.1) is 5.92 Å². The normalized spacial score (nSPS) is 16.7. The van der Waals surface area contributed by atoms with Crippen molar-refractivity contribution in [2.75, 3.05) is 18.8 Å². The second kappa shape index (κ2) is 7.44. The lowest BCUT2D eigenvalue weighted by atomic mass is 9.82. The first-order valence-electron chi connectivity index (χ1n) is 9.33. The van der Waals surface area contributed by atoms with Crippen molar-refractivity contribution in [3.8, 4) is 5.75 Å². The van der Waals surface area contributed by atoms with E-state index in [1.54, 1.807) is 23.1 Å². The van der Waals surface area contributed by atoms with E-state index in [9.17, 15) is 27.9 Å². The fourth-order valence-electron chi connectivity index (χ4n) is 4.04. The highest BCUT2D eigenvalue weighted by molar-refractivity contribution is 7.72. The van der Waals surface area contributed by atoms with E-state index in [2.05, 4.69) is 0 Å². The maximum atomic E-state index is 12.9. The average molecular weight is 413 g/mol. The lowest BCUT2D eigenvalue weighted by molar-refractivity contribution is 0.0697. The van der Waals surface area contributed by atoms with Crippen LogP contribution in [0.1, 0.15) is 55.0 Å². The van der Waals surface area contributed by atoms with Crippen molar-refractivity contribution in [1.82, 2.24) is 4.90 Å². The molecule has 1 heterocycles. The van der Waals surface area contributed by atoms with Gasteiger partial charge in [-0.2, -0.15) is 0 Å². The van der Waals surface area contributed by atoms with E-state index in [1.165, 1.54) is 18.2 Å². The third-order valence-electron chi connectivity index (χ3n) is 5.56. The molecule has 150 valence electrons. The maximum absolute atomic E-state index is 12.9. The van der Waals surface area contributed by atoms with Crippen molar-refractivity contribution in [3.05, 3.63) is 64.2 Å². The molecule has 1 amide bonds. The van der Waals surface area contributed by atoms with E-state index >= 15 is 0 Å². The molecule has 0 saturated carbocycles. The molecule has 7 nitrogen and oxygen atoms in total. The third-order valence-corrected chi connectivity index (χ3v) is 6.38. The molecule has 2 aromatic carbocycles. The van der Waals surface area contributed by atoms with Crippen LogP contribution in [0.5, 0.6) is 5.75 Å². The molecule has 1 aliphatic carbocycles. The van der Waals surface area contributed by atoms with Crippen LogP contribution in [0.2, 0.25) is 0 Å². The van der Waals surface area contributed by atoms with Gasteiger partial charge in [-0.3, -0.25) is 14.4 Å². The Morgan fingerprint density at radius 1 is 1.00 bits per heavy atom. The lowest BCUT2D eigenvalue weighted by Gasteiger charge is -2.31. The zero-order valence-electron chi connectivity index (χ0n) is 15.5. The Balaban J connectivity index is 1.63. The van der Waals surface area contributed by atoms with Gasteiger partial charge in [0.25, 0.3) is 5.91 Å². The van der Waals surface area contributed by atoms with Gasteiger partial charge in [0.1, 0.15) is 16.5 Å². The zero-order chi connectivity index (χ0) is 20.7. The maximum Gasteiger partial charge on any atom is 0.254 e. The highest BCUT2D eigenvalue weighted by Gasteiger charge is 2.33. The number of hydrogen-bond donors (Lipinski definition) is 2. The van der Waals surface area contributed by atoms with Crippen molar-refractivity contribution in [2.24, 2.45) is 5.92 Å². The summed E-state index contributed by atoms with van der Waals surface area (Å²) in [5, 5.41) is 10.4. The van der Waals surface area contributed by atoms with Gasteiger partial charge in [-0.25, -0.2) is 8.42 Å². The number of fused-ring (bicyclic) bond motifs is 2. The molecular formula is C21H19NO6S. The summed E-state index contributed by atoms with van der Waals surface area (Å²) in [7, 11) is -2.44. The second-order valence-electron chi connectivity index (χ2n) is 7.37. The van der Waals surface area contributed by atoms with Gasteiger partial charge in [-0.05, 0) is 30.9 Å². The molecule has 0 spiro atoms. The van der Waals surface area contributed by atoms with Crippen molar-refractivity contribution >= 4 is 28.2 Å². The monoisotopic (exact) mass is 413 g/mol. The number of amides is 1. The Kier molecular flexibility index (Phi) is 4.96. The minimum Gasteiger partial charge on any atom is -0.507 e. The van der Waals surface area contributed by atoms with Crippen LogP contribution < -0.4 is 0 Å². The number of hydrogen-bond acceptors (Lipinski definition) is 6. The fraction of sp³-hybridized carbons (Fsp3) is 0.286. The average Bonchev–Trinajstić information content (AvgIpc) is 2.71. The lowest BCUT2D eigenvalue weighted by Crippen LogP contribution is -2.39. The Morgan fingerprint density at radius 3 is 2.24 bits per heavy atom. The molecule has 1 N–H and O–H groups in total. The molecule has 2 aromatic rings. The van der Waals surface area contributed by atoms with Gasteiger partial charge in [0.05, 0.1) is 11.3 Å². The van der Waals surface area contributed by atoms with Crippen LogP contribution in [0.4, 0.5) is 0 Å². The molecule has 2 aliphatic rings. The zero-order valence-corrected chi connectivity index (χ0v) is 16.4. The van der Waals surface area contributed by atoms with Gasteiger partial charge in [0.15, 0.2) is 11.6 Å². The summed E-state index contributed by atoms with van der Waals surface area (Å²) in [5.74, 6) is -1.44. The summed E-state index contributed by atoms with van der Waals surface area (Å²) in [4.78, 5) is 40.1. The molecule has 0 aromatic heterocycles. The van der Waals surface area contributed by atoms with E-state index in [4.69, 9.17) is 0 Å². The second-order valence-corrected chi connectivity index (χ2v) is 8.40. The number of carbonyl (C=O) groups is 3. The van der Waals surface area contributed by atoms with Crippen LogP contribution in [-0.4, -0.2) is 54.7 Å². The summed E-state index contributed by atoms with van der Waals surface area (Å²) < 4.78 is 21.8. The molecule has 0 radical (unpaired) electrons. The highest BCUT2D eigenvalue weighted by Crippen LogP contribution is 2.34. The van der Waals surface area contributed by atoms with Crippen molar-refractivity contribution in [3.63, 3.8) is 0 Å². The highest BCUT2D eigenvalue weighted by atomic mass is 32.2. The molecular weight excluding hydrogens is 394 g/mol. The van der Waals surface area contributed by atoms with Gasteiger partial charge in [0, 0.05) is 35.3 Å². The minimum absolute atomic E-state index is 0.0234. The van der Waals surface area contributed by atoms with Crippen LogP contribution in [0.3, 0.4) is 0 Å². The first kappa shape index (κ1) is 19.3. The molecule has 4 rings (SSSR count). The van der Waals surface area contributed by atoms with Crippen LogP contribution in [0.15, 0.2) is 36.4 Å². The number of phenols is 1. The quantitative estimate of drug-likeness (QED) is 0.632. The summed E-state index contributed by atoms with van der Waals surface area (Å²) in [6.45, 7) is 0.806. The Bertz CT molecular complexity index is 1100. The van der Waals surface area contributed by atoms with E-state index in [1.807, 2.05) is 0 Å². The molecule has 0 unspecified atom stereocenters. The van der Waals surface area contributed by atoms with E-state index in [0.29, 0.717) is 25.9 Å². The Morgan fingerprint density at radius 2 is 1.62 bits per heavy atom. The SMILES string of the molecule is O=C1c2ccccc2C(=O)c2c(O)cc(C(=O)N3CCC(C[SH](=O)=O)CC3)cc21. The molecule has 29 heavy (non-hydrogen) atoms. The van der Waals surface area contributed by atoms with Gasteiger partial charge >= 0.3 is 0 Å². The smallest absolute Gasteiger partial charge is 0.254 e. The number of benzene rings is 2. The molecule has 1 saturated heterocycles. The number of rotatable bonds is 3. The van der Waals surface area contributed by atoms with Gasteiger partial charge in [0.2, 0.25) is 0 Å². The molecule has 8 heteroatoms. The Labute approximate surface area is 168 Å². The summed E-state index contributed by atoms with van der Waals surface area (Å²) in [6, 6.07) is 8.99. The van der Waals surface area contributed by atoms with Gasteiger partial charge in [-0.1, -0.05) is 24.3 Å². The topological polar surface area (TPSA) is 109 Å². The van der Waals surface area contributed by atoms with Crippen LogP contribution >= 0.6 is 0 Å². The number of nitrogens with zero attached hydrogens (tertiary/aromatic N) is 1. The van der Waals surface area contributed by atoms with Crippen molar-refractivity contribution < 1.29 is 27.9 Å².